The van der Waals surface area contributed by atoms with E-state index < -0.39 is 6.10 Å². The van der Waals surface area contributed by atoms with Crippen LogP contribution in [0.2, 0.25) is 0 Å². The van der Waals surface area contributed by atoms with Crippen molar-refractivity contribution in [3.63, 3.8) is 0 Å². The van der Waals surface area contributed by atoms with Gasteiger partial charge in [0.15, 0.2) is 0 Å². The number of pyridine rings is 1. The highest BCUT2D eigenvalue weighted by atomic mass is 32.1. The molecule has 0 amide bonds. The Morgan fingerprint density at radius 1 is 1.24 bits per heavy atom. The summed E-state index contributed by atoms with van der Waals surface area (Å²) in [5.41, 5.74) is 9.12. The van der Waals surface area contributed by atoms with Crippen LogP contribution >= 0.6 is 11.3 Å². The van der Waals surface area contributed by atoms with Gasteiger partial charge in [0, 0.05) is 59.9 Å². The monoisotopic (exact) mass is 410 g/mol. The van der Waals surface area contributed by atoms with E-state index in [0.717, 1.165) is 54.5 Å². The number of aliphatic hydroxyl groups excluding tert-OH is 1. The number of benzene rings is 1. The zero-order chi connectivity index (χ0) is 20.2. The van der Waals surface area contributed by atoms with Gasteiger partial charge in [-0.05, 0) is 36.1 Å². The smallest absolute Gasteiger partial charge is 0.109 e. The van der Waals surface area contributed by atoms with Crippen LogP contribution in [-0.4, -0.2) is 40.7 Å². The van der Waals surface area contributed by atoms with Crippen LogP contribution in [-0.2, 0) is 0 Å². The van der Waals surface area contributed by atoms with E-state index in [1.165, 1.54) is 5.56 Å². The Balaban J connectivity index is 1.32. The number of nitrogen functional groups attached to an aromatic ring is 1. The first-order valence-electron chi connectivity index (χ1n) is 10.5. The third kappa shape index (κ3) is 4.46. The van der Waals surface area contributed by atoms with Crippen molar-refractivity contribution in [2.45, 2.75) is 44.4 Å². The standard InChI is InChI=1S/C23H30N4OS/c1-2-21(19-14-29-15-20(19)24)27-11-8-17(9-12-27)26-13-22(28)23-18-6-4-3-5-16(18)7-10-25-23/h3-7,10,14-15,17,21-22,26,28H,2,8-9,11-13,24H2,1H3. The first-order valence-corrected chi connectivity index (χ1v) is 11.4. The largest absolute Gasteiger partial charge is 0.398 e. The summed E-state index contributed by atoms with van der Waals surface area (Å²) in [4.78, 5) is 7.00. The average molecular weight is 411 g/mol. The summed E-state index contributed by atoms with van der Waals surface area (Å²) in [5, 5.41) is 20.7. The number of thiophene rings is 1. The van der Waals surface area contributed by atoms with E-state index in [2.05, 4.69) is 33.6 Å². The molecule has 5 nitrogen and oxygen atoms in total. The molecule has 29 heavy (non-hydrogen) atoms. The van der Waals surface area contributed by atoms with Gasteiger partial charge in [0.05, 0.1) is 5.69 Å². The number of anilines is 1. The van der Waals surface area contributed by atoms with Gasteiger partial charge >= 0.3 is 0 Å². The topological polar surface area (TPSA) is 74.4 Å². The van der Waals surface area contributed by atoms with Crippen LogP contribution < -0.4 is 11.1 Å². The van der Waals surface area contributed by atoms with Gasteiger partial charge in [-0.25, -0.2) is 0 Å². The van der Waals surface area contributed by atoms with Gasteiger partial charge in [0.1, 0.15) is 6.10 Å². The molecule has 2 unspecified atom stereocenters. The fraction of sp³-hybridized carbons (Fsp3) is 0.435. The van der Waals surface area contributed by atoms with Crippen LogP contribution in [0.25, 0.3) is 10.8 Å². The Hall–Kier alpha value is -1.99. The molecule has 154 valence electrons. The Bertz CT molecular complexity index is 930. The van der Waals surface area contributed by atoms with Crippen LogP contribution in [0.1, 0.15) is 49.6 Å². The van der Waals surface area contributed by atoms with E-state index in [1.54, 1.807) is 17.5 Å². The number of rotatable bonds is 7. The molecule has 0 spiro atoms. The van der Waals surface area contributed by atoms with Crippen molar-refractivity contribution in [2.24, 2.45) is 0 Å². The molecule has 0 saturated carbocycles. The van der Waals surface area contributed by atoms with Gasteiger partial charge in [-0.15, -0.1) is 11.3 Å². The summed E-state index contributed by atoms with van der Waals surface area (Å²) < 4.78 is 0. The molecular weight excluding hydrogens is 380 g/mol. The van der Waals surface area contributed by atoms with Crippen molar-refractivity contribution < 1.29 is 5.11 Å². The van der Waals surface area contributed by atoms with Crippen molar-refractivity contribution >= 4 is 27.8 Å². The van der Waals surface area contributed by atoms with Crippen LogP contribution in [0.5, 0.6) is 0 Å². The molecule has 1 saturated heterocycles. The minimum Gasteiger partial charge on any atom is -0.398 e. The molecule has 4 rings (SSSR count). The zero-order valence-electron chi connectivity index (χ0n) is 16.9. The number of hydrogen-bond acceptors (Lipinski definition) is 6. The molecule has 1 aliphatic heterocycles. The van der Waals surface area contributed by atoms with Crippen LogP contribution in [0.15, 0.2) is 47.3 Å². The van der Waals surface area contributed by atoms with Gasteiger partial charge in [0.2, 0.25) is 0 Å². The van der Waals surface area contributed by atoms with E-state index in [1.807, 2.05) is 29.6 Å². The lowest BCUT2D eigenvalue weighted by molar-refractivity contribution is 0.125. The fourth-order valence-corrected chi connectivity index (χ4v) is 5.25. The average Bonchev–Trinajstić information content (AvgIpc) is 3.18. The highest BCUT2D eigenvalue weighted by Gasteiger charge is 2.27. The van der Waals surface area contributed by atoms with Gasteiger partial charge in [-0.2, -0.15) is 0 Å². The maximum absolute atomic E-state index is 10.7. The molecule has 3 aromatic rings. The summed E-state index contributed by atoms with van der Waals surface area (Å²) >= 11 is 1.69. The van der Waals surface area contributed by atoms with Crippen LogP contribution in [0, 0.1) is 0 Å². The normalized spacial score (nSPS) is 18.1. The van der Waals surface area contributed by atoms with Crippen molar-refractivity contribution in [1.29, 1.82) is 0 Å². The van der Waals surface area contributed by atoms with E-state index in [4.69, 9.17) is 5.73 Å². The molecule has 0 radical (unpaired) electrons. The maximum Gasteiger partial charge on any atom is 0.109 e. The first kappa shape index (κ1) is 20.3. The number of aliphatic hydroxyl groups is 1. The molecule has 2 aromatic heterocycles. The second-order valence-electron chi connectivity index (χ2n) is 7.86. The second-order valence-corrected chi connectivity index (χ2v) is 8.60. The van der Waals surface area contributed by atoms with Crippen LogP contribution in [0.3, 0.4) is 0 Å². The molecule has 0 bridgehead atoms. The van der Waals surface area contributed by atoms with Crippen molar-refractivity contribution in [3.8, 4) is 0 Å². The summed E-state index contributed by atoms with van der Waals surface area (Å²) in [6, 6.07) is 10.9. The highest BCUT2D eigenvalue weighted by molar-refractivity contribution is 7.08. The van der Waals surface area contributed by atoms with E-state index >= 15 is 0 Å². The van der Waals surface area contributed by atoms with Gasteiger partial charge in [-0.3, -0.25) is 9.88 Å². The first-order chi connectivity index (χ1) is 14.2. The third-order valence-corrected chi connectivity index (χ3v) is 6.84. The molecule has 6 heteroatoms. The number of nitrogens with one attached hydrogen (secondary N) is 1. The lowest BCUT2D eigenvalue weighted by Gasteiger charge is -2.38. The van der Waals surface area contributed by atoms with Crippen molar-refractivity contribution in [1.82, 2.24) is 15.2 Å². The zero-order valence-corrected chi connectivity index (χ0v) is 17.7. The molecule has 2 atom stereocenters. The molecule has 1 aliphatic rings. The van der Waals surface area contributed by atoms with E-state index in [0.29, 0.717) is 18.6 Å². The minimum absolute atomic E-state index is 0.410. The Morgan fingerprint density at radius 2 is 2.03 bits per heavy atom. The number of nitrogens with zero attached hydrogens (tertiary/aromatic N) is 2. The number of piperidine rings is 1. The number of fused-ring (bicyclic) bond motifs is 1. The predicted octanol–water partition coefficient (Wildman–Crippen LogP) is 4.12. The maximum atomic E-state index is 10.7. The SMILES string of the molecule is CCC(c1cscc1N)N1CCC(NCC(O)c2nccc3ccccc23)CC1. The van der Waals surface area contributed by atoms with E-state index in [-0.39, 0.29) is 0 Å². The molecule has 1 fully saturated rings. The fourth-order valence-electron chi connectivity index (χ4n) is 4.46. The van der Waals surface area contributed by atoms with E-state index in [9.17, 15) is 5.11 Å². The second kappa shape index (κ2) is 9.22. The molecule has 1 aromatic carbocycles. The van der Waals surface area contributed by atoms with Gasteiger partial charge < -0.3 is 16.2 Å². The van der Waals surface area contributed by atoms with Crippen molar-refractivity contribution in [3.05, 3.63) is 58.5 Å². The molecule has 3 heterocycles. The van der Waals surface area contributed by atoms with Crippen molar-refractivity contribution in [2.75, 3.05) is 25.4 Å². The lowest BCUT2D eigenvalue weighted by Crippen LogP contribution is -2.44. The highest BCUT2D eigenvalue weighted by Crippen LogP contribution is 2.33. The molecule has 0 aliphatic carbocycles. The quantitative estimate of drug-likeness (QED) is 0.546. The van der Waals surface area contributed by atoms with Crippen LogP contribution in [0.4, 0.5) is 5.69 Å². The number of aromatic nitrogens is 1. The number of likely N-dealkylation sites (tertiary alicyclic amines) is 1. The lowest BCUT2D eigenvalue weighted by atomic mass is 9.98. The summed E-state index contributed by atoms with van der Waals surface area (Å²) in [6.07, 6.45) is 4.41. The van der Waals surface area contributed by atoms with Gasteiger partial charge in [0.25, 0.3) is 0 Å². The number of nitrogens with two attached hydrogens (primary N) is 1. The predicted molar refractivity (Wildman–Crippen MR) is 121 cm³/mol. The summed E-state index contributed by atoms with van der Waals surface area (Å²) in [6.45, 7) is 4.86. The Labute approximate surface area is 176 Å². The molecule has 4 N–H and O–H groups in total. The number of hydrogen-bond donors (Lipinski definition) is 3. The molecular formula is C23H30N4OS. The summed E-state index contributed by atoms with van der Waals surface area (Å²) in [5.74, 6) is 0. The third-order valence-electron chi connectivity index (χ3n) is 6.06. The Morgan fingerprint density at radius 3 is 2.76 bits per heavy atom. The summed E-state index contributed by atoms with van der Waals surface area (Å²) in [7, 11) is 0. The van der Waals surface area contributed by atoms with Gasteiger partial charge in [-0.1, -0.05) is 31.2 Å². The minimum atomic E-state index is -0.604. The Kier molecular flexibility index (Phi) is 6.45.